The van der Waals surface area contributed by atoms with Crippen molar-refractivity contribution in [1.82, 2.24) is 10.2 Å². The number of H-pyrrole nitrogens is 1. The maximum Gasteiger partial charge on any atom is 0.279 e. The number of nitrogens with zero attached hydrogens (tertiary/aromatic N) is 2. The lowest BCUT2D eigenvalue weighted by molar-refractivity contribution is 0.0988. The van der Waals surface area contributed by atoms with E-state index in [9.17, 15) is 4.79 Å². The van der Waals surface area contributed by atoms with Gasteiger partial charge in [0.1, 0.15) is 0 Å². The largest absolute Gasteiger partial charge is 0.295 e. The quantitative estimate of drug-likeness (QED) is 0.752. The first-order valence-electron chi connectivity index (χ1n) is 7.77. The number of benzene rings is 2. The molecule has 0 unspecified atom stereocenters. The van der Waals surface area contributed by atoms with Gasteiger partial charge in [-0.1, -0.05) is 41.4 Å². The van der Waals surface area contributed by atoms with E-state index in [-0.39, 0.29) is 11.9 Å². The van der Waals surface area contributed by atoms with Crippen LogP contribution in [0.2, 0.25) is 5.02 Å². The molecule has 24 heavy (non-hydrogen) atoms. The molecule has 2 heterocycles. The first-order chi connectivity index (χ1) is 11.6. The Bertz CT molecular complexity index is 913. The van der Waals surface area contributed by atoms with E-state index in [0.717, 1.165) is 28.1 Å². The van der Waals surface area contributed by atoms with Crippen LogP contribution in [0.1, 0.15) is 38.9 Å². The molecule has 0 aliphatic carbocycles. The van der Waals surface area contributed by atoms with Crippen LogP contribution in [0.5, 0.6) is 0 Å². The van der Waals surface area contributed by atoms with Gasteiger partial charge in [-0.3, -0.25) is 14.8 Å². The fraction of sp³-hybridized carbons (Fsp3) is 0.158. The van der Waals surface area contributed by atoms with Crippen LogP contribution >= 0.6 is 11.6 Å². The molecule has 1 N–H and O–H groups in total. The fourth-order valence-corrected chi connectivity index (χ4v) is 3.35. The highest BCUT2D eigenvalue weighted by atomic mass is 35.5. The van der Waals surface area contributed by atoms with Gasteiger partial charge in [0.15, 0.2) is 5.69 Å². The van der Waals surface area contributed by atoms with E-state index in [4.69, 9.17) is 11.6 Å². The van der Waals surface area contributed by atoms with Crippen molar-refractivity contribution >= 4 is 23.2 Å². The Kier molecular flexibility index (Phi) is 3.43. The maximum atomic E-state index is 13.0. The third-order valence-corrected chi connectivity index (χ3v) is 4.70. The molecule has 0 saturated carbocycles. The van der Waals surface area contributed by atoms with Crippen LogP contribution in [-0.4, -0.2) is 16.1 Å². The summed E-state index contributed by atoms with van der Waals surface area (Å²) < 4.78 is 0. The smallest absolute Gasteiger partial charge is 0.279 e. The number of carbonyl (C=O) groups excluding carboxylic acids is 1. The molecule has 0 saturated heterocycles. The van der Waals surface area contributed by atoms with Crippen molar-refractivity contribution in [3.05, 3.63) is 81.6 Å². The average Bonchev–Trinajstić information content (AvgIpc) is 3.09. The lowest BCUT2D eigenvalue weighted by atomic mass is 9.99. The minimum Gasteiger partial charge on any atom is -0.295 e. The van der Waals surface area contributed by atoms with Crippen LogP contribution in [0.3, 0.4) is 0 Å². The van der Waals surface area contributed by atoms with Gasteiger partial charge < -0.3 is 0 Å². The molecule has 3 aromatic rings. The number of aryl methyl sites for hydroxylation is 2. The number of aromatic amines is 1. The molecule has 1 aliphatic rings. The first-order valence-corrected chi connectivity index (χ1v) is 8.14. The van der Waals surface area contributed by atoms with Crippen molar-refractivity contribution in [2.75, 3.05) is 4.90 Å². The van der Waals surface area contributed by atoms with Crippen molar-refractivity contribution in [2.24, 2.45) is 0 Å². The van der Waals surface area contributed by atoms with E-state index in [2.05, 4.69) is 10.2 Å². The predicted octanol–water partition coefficient (Wildman–Crippen LogP) is 4.43. The Labute approximate surface area is 145 Å². The highest BCUT2D eigenvalue weighted by Crippen LogP contribution is 2.42. The van der Waals surface area contributed by atoms with Gasteiger partial charge in [0.25, 0.3) is 5.91 Å². The summed E-state index contributed by atoms with van der Waals surface area (Å²) in [4.78, 5) is 14.8. The van der Waals surface area contributed by atoms with Gasteiger partial charge in [-0.05, 0) is 43.7 Å². The van der Waals surface area contributed by atoms with Crippen molar-refractivity contribution < 1.29 is 4.79 Å². The number of aromatic nitrogens is 2. The van der Waals surface area contributed by atoms with E-state index in [0.29, 0.717) is 10.7 Å². The molecule has 5 heteroatoms. The zero-order valence-electron chi connectivity index (χ0n) is 13.4. The summed E-state index contributed by atoms with van der Waals surface area (Å²) in [5.41, 5.74) is 5.37. The summed E-state index contributed by atoms with van der Waals surface area (Å²) in [6.45, 7) is 3.97. The van der Waals surface area contributed by atoms with Gasteiger partial charge in [0.2, 0.25) is 0 Å². The highest BCUT2D eigenvalue weighted by molar-refractivity contribution is 6.30. The van der Waals surface area contributed by atoms with Gasteiger partial charge in [0, 0.05) is 22.0 Å². The molecule has 1 amide bonds. The number of amides is 1. The second-order valence-electron chi connectivity index (χ2n) is 6.08. The SMILES string of the molecule is Cc1ccc(N2C(=O)c3n[nH]c(C)c3[C@@H]2c2ccc(Cl)cc2)cc1. The van der Waals surface area contributed by atoms with Crippen LogP contribution in [0.4, 0.5) is 5.69 Å². The number of hydrogen-bond acceptors (Lipinski definition) is 2. The monoisotopic (exact) mass is 337 g/mol. The number of nitrogens with one attached hydrogen (secondary N) is 1. The molecule has 1 aromatic heterocycles. The van der Waals surface area contributed by atoms with Gasteiger partial charge in [-0.2, -0.15) is 5.10 Å². The minimum atomic E-state index is -0.203. The van der Waals surface area contributed by atoms with E-state index < -0.39 is 0 Å². The molecule has 0 bridgehead atoms. The molecule has 0 spiro atoms. The van der Waals surface area contributed by atoms with Crippen LogP contribution in [0.15, 0.2) is 48.5 Å². The Morgan fingerprint density at radius 2 is 1.71 bits per heavy atom. The van der Waals surface area contributed by atoms with Crippen molar-refractivity contribution in [2.45, 2.75) is 19.9 Å². The maximum absolute atomic E-state index is 13.0. The molecular formula is C19H16ClN3O. The normalized spacial score (nSPS) is 16.5. The summed E-state index contributed by atoms with van der Waals surface area (Å²) in [6.07, 6.45) is 0. The lowest BCUT2D eigenvalue weighted by Crippen LogP contribution is -2.29. The molecule has 4 rings (SSSR count). The number of rotatable bonds is 2. The molecule has 0 fully saturated rings. The number of hydrogen-bond donors (Lipinski definition) is 1. The summed E-state index contributed by atoms with van der Waals surface area (Å²) >= 11 is 6.03. The summed E-state index contributed by atoms with van der Waals surface area (Å²) in [7, 11) is 0. The van der Waals surface area contributed by atoms with Crippen molar-refractivity contribution in [3.8, 4) is 0 Å². The fourth-order valence-electron chi connectivity index (χ4n) is 3.23. The first kappa shape index (κ1) is 15.0. The van der Waals surface area contributed by atoms with E-state index >= 15 is 0 Å². The number of anilines is 1. The second-order valence-corrected chi connectivity index (χ2v) is 6.51. The molecule has 1 aliphatic heterocycles. The third-order valence-electron chi connectivity index (χ3n) is 4.45. The standard InChI is InChI=1S/C19H16ClN3O/c1-11-3-9-15(10-4-11)23-18(13-5-7-14(20)8-6-13)16-12(2)21-22-17(16)19(23)24/h3-10,18H,1-2H3,(H,21,22)/t18-/m0/s1. The predicted molar refractivity (Wildman–Crippen MR) is 94.6 cm³/mol. The zero-order chi connectivity index (χ0) is 16.8. The van der Waals surface area contributed by atoms with Gasteiger partial charge >= 0.3 is 0 Å². The number of halogens is 1. The van der Waals surface area contributed by atoms with Crippen LogP contribution < -0.4 is 4.90 Å². The van der Waals surface area contributed by atoms with Gasteiger partial charge in [-0.15, -0.1) is 0 Å². The highest BCUT2D eigenvalue weighted by Gasteiger charge is 2.42. The van der Waals surface area contributed by atoms with Crippen molar-refractivity contribution in [1.29, 1.82) is 0 Å². The topological polar surface area (TPSA) is 49.0 Å². The Morgan fingerprint density at radius 1 is 1.04 bits per heavy atom. The molecule has 1 atom stereocenters. The average molecular weight is 338 g/mol. The zero-order valence-corrected chi connectivity index (χ0v) is 14.1. The molecule has 2 aromatic carbocycles. The molecule has 120 valence electrons. The summed E-state index contributed by atoms with van der Waals surface area (Å²) in [6, 6.07) is 15.4. The number of carbonyl (C=O) groups is 1. The summed E-state index contributed by atoms with van der Waals surface area (Å²) in [5.74, 6) is -0.0850. The van der Waals surface area contributed by atoms with Gasteiger partial charge in [-0.25, -0.2) is 0 Å². The molecule has 0 radical (unpaired) electrons. The lowest BCUT2D eigenvalue weighted by Gasteiger charge is -2.26. The van der Waals surface area contributed by atoms with Gasteiger partial charge in [0.05, 0.1) is 6.04 Å². The Balaban J connectivity index is 1.89. The van der Waals surface area contributed by atoms with E-state index in [1.165, 1.54) is 0 Å². The number of fused-ring (bicyclic) bond motifs is 1. The van der Waals surface area contributed by atoms with Crippen LogP contribution in [0.25, 0.3) is 0 Å². The summed E-state index contributed by atoms with van der Waals surface area (Å²) in [5, 5.41) is 7.83. The Morgan fingerprint density at radius 3 is 2.38 bits per heavy atom. The second kappa shape index (κ2) is 5.49. The Hall–Kier alpha value is -2.59. The van der Waals surface area contributed by atoms with Crippen molar-refractivity contribution in [3.63, 3.8) is 0 Å². The van der Waals surface area contributed by atoms with E-state index in [1.54, 1.807) is 4.90 Å². The molecule has 4 nitrogen and oxygen atoms in total. The van der Waals surface area contributed by atoms with Crippen LogP contribution in [0, 0.1) is 13.8 Å². The molecular weight excluding hydrogens is 322 g/mol. The van der Waals surface area contributed by atoms with E-state index in [1.807, 2.05) is 62.4 Å². The minimum absolute atomic E-state index is 0.0850. The third kappa shape index (κ3) is 2.22. The van der Waals surface area contributed by atoms with Crippen LogP contribution in [-0.2, 0) is 0 Å².